The minimum atomic E-state index is -0.472. The van der Waals surface area contributed by atoms with E-state index in [1.807, 2.05) is 48.5 Å². The quantitative estimate of drug-likeness (QED) is 0.565. The Kier molecular flexibility index (Phi) is 3.24. The van der Waals surface area contributed by atoms with Gasteiger partial charge in [-0.1, -0.05) is 48.5 Å². The van der Waals surface area contributed by atoms with Crippen LogP contribution in [0.1, 0.15) is 0 Å². The first kappa shape index (κ1) is 13.5. The smallest absolute Gasteiger partial charge is 0.183 e. The summed E-state index contributed by atoms with van der Waals surface area (Å²) in [6.45, 7) is 0. The van der Waals surface area contributed by atoms with Gasteiger partial charge in [0, 0.05) is 0 Å². The van der Waals surface area contributed by atoms with Crippen LogP contribution in [-0.4, -0.2) is 14.6 Å². The van der Waals surface area contributed by atoms with Crippen LogP contribution in [0.4, 0.5) is 4.39 Å². The number of hydrogen-bond donors (Lipinski definition) is 0. The van der Waals surface area contributed by atoms with Crippen molar-refractivity contribution in [3.8, 4) is 22.6 Å². The molecule has 2 heterocycles. The Morgan fingerprint density at radius 1 is 0.913 bits per heavy atom. The Bertz CT molecular complexity index is 952. The van der Waals surface area contributed by atoms with Gasteiger partial charge in [0.25, 0.3) is 0 Å². The zero-order chi connectivity index (χ0) is 15.6. The molecule has 0 unspecified atom stereocenters. The van der Waals surface area contributed by atoms with E-state index in [-0.39, 0.29) is 5.75 Å². The maximum atomic E-state index is 14.6. The molecule has 23 heavy (non-hydrogen) atoms. The number of pyridine rings is 1. The molecule has 5 heteroatoms. The second-order valence-electron chi connectivity index (χ2n) is 5.02. The molecule has 0 fully saturated rings. The van der Waals surface area contributed by atoms with E-state index in [2.05, 4.69) is 10.2 Å². The molecule has 0 atom stereocenters. The Balaban J connectivity index is 1.97. The summed E-state index contributed by atoms with van der Waals surface area (Å²) in [6, 6.07) is 18.6. The van der Waals surface area contributed by atoms with Crippen LogP contribution < -0.4 is 4.74 Å². The topological polar surface area (TPSA) is 39.4 Å². The van der Waals surface area contributed by atoms with Crippen LogP contribution in [0.15, 0.2) is 73.2 Å². The SMILES string of the molecule is Fc1cn2cnnc2c(-c2ccccc2)c1Oc1ccccc1. The number of fused-ring (bicyclic) bond motifs is 1. The van der Waals surface area contributed by atoms with Gasteiger partial charge in [0.15, 0.2) is 17.2 Å². The van der Waals surface area contributed by atoms with E-state index in [1.54, 1.807) is 16.5 Å². The molecule has 0 N–H and O–H groups in total. The molecule has 0 saturated carbocycles. The molecule has 0 aliphatic carbocycles. The van der Waals surface area contributed by atoms with Gasteiger partial charge in [0.2, 0.25) is 0 Å². The zero-order valence-corrected chi connectivity index (χ0v) is 12.1. The molecule has 2 aromatic heterocycles. The van der Waals surface area contributed by atoms with Gasteiger partial charge in [-0.25, -0.2) is 4.39 Å². The van der Waals surface area contributed by atoms with E-state index in [9.17, 15) is 4.39 Å². The van der Waals surface area contributed by atoms with E-state index >= 15 is 0 Å². The summed E-state index contributed by atoms with van der Waals surface area (Å²) in [7, 11) is 0. The lowest BCUT2D eigenvalue weighted by Gasteiger charge is -2.13. The van der Waals surface area contributed by atoms with Crippen LogP contribution in [0.5, 0.6) is 11.5 Å². The van der Waals surface area contributed by atoms with Crippen LogP contribution >= 0.6 is 0 Å². The predicted molar refractivity (Wildman–Crippen MR) is 84.9 cm³/mol. The number of aromatic nitrogens is 3. The highest BCUT2D eigenvalue weighted by Crippen LogP contribution is 2.37. The zero-order valence-electron chi connectivity index (χ0n) is 12.1. The molecule has 0 amide bonds. The van der Waals surface area contributed by atoms with Crippen molar-refractivity contribution in [3.05, 3.63) is 79.0 Å². The third kappa shape index (κ3) is 2.42. The van der Waals surface area contributed by atoms with Gasteiger partial charge in [0.05, 0.1) is 11.8 Å². The molecule has 2 aromatic carbocycles. The highest BCUT2D eigenvalue weighted by atomic mass is 19.1. The molecule has 4 nitrogen and oxygen atoms in total. The third-order valence-corrected chi connectivity index (χ3v) is 3.52. The predicted octanol–water partition coefficient (Wildman–Crippen LogP) is 4.33. The van der Waals surface area contributed by atoms with Crippen LogP contribution in [0.2, 0.25) is 0 Å². The minimum Gasteiger partial charge on any atom is -0.453 e. The molecule has 112 valence electrons. The van der Waals surface area contributed by atoms with Gasteiger partial charge in [-0.2, -0.15) is 0 Å². The van der Waals surface area contributed by atoms with Crippen molar-refractivity contribution in [1.82, 2.24) is 14.6 Å². The lowest BCUT2D eigenvalue weighted by Crippen LogP contribution is -1.97. The van der Waals surface area contributed by atoms with Crippen molar-refractivity contribution in [2.75, 3.05) is 0 Å². The summed E-state index contributed by atoms with van der Waals surface area (Å²) in [4.78, 5) is 0. The van der Waals surface area contributed by atoms with Crippen molar-refractivity contribution < 1.29 is 9.13 Å². The maximum absolute atomic E-state index is 14.6. The van der Waals surface area contributed by atoms with E-state index in [0.29, 0.717) is 17.0 Å². The molecule has 0 aliphatic heterocycles. The normalized spacial score (nSPS) is 10.8. The van der Waals surface area contributed by atoms with Crippen LogP contribution in [0.25, 0.3) is 16.8 Å². The number of para-hydroxylation sites is 1. The van der Waals surface area contributed by atoms with Crippen LogP contribution in [0.3, 0.4) is 0 Å². The Morgan fingerprint density at radius 3 is 2.35 bits per heavy atom. The largest absolute Gasteiger partial charge is 0.453 e. The lowest BCUT2D eigenvalue weighted by molar-refractivity contribution is 0.442. The van der Waals surface area contributed by atoms with E-state index in [0.717, 1.165) is 5.56 Å². The number of hydrogen-bond acceptors (Lipinski definition) is 3. The number of ether oxygens (including phenoxy) is 1. The Hall–Kier alpha value is -3.21. The van der Waals surface area contributed by atoms with Gasteiger partial charge in [-0.3, -0.25) is 4.40 Å². The van der Waals surface area contributed by atoms with Gasteiger partial charge < -0.3 is 4.74 Å². The molecule has 0 radical (unpaired) electrons. The van der Waals surface area contributed by atoms with Crippen LogP contribution in [-0.2, 0) is 0 Å². The van der Waals surface area contributed by atoms with Crippen molar-refractivity contribution in [1.29, 1.82) is 0 Å². The van der Waals surface area contributed by atoms with Gasteiger partial charge in [-0.15, -0.1) is 10.2 Å². The number of benzene rings is 2. The highest BCUT2D eigenvalue weighted by Gasteiger charge is 2.19. The van der Waals surface area contributed by atoms with Gasteiger partial charge in [0.1, 0.15) is 12.1 Å². The van der Waals surface area contributed by atoms with E-state index in [1.165, 1.54) is 12.5 Å². The molecule has 4 rings (SSSR count). The summed E-state index contributed by atoms with van der Waals surface area (Å²) < 4.78 is 22.0. The molecular weight excluding hydrogens is 293 g/mol. The summed E-state index contributed by atoms with van der Waals surface area (Å²) in [5, 5.41) is 7.97. The maximum Gasteiger partial charge on any atom is 0.183 e. The first-order valence-electron chi connectivity index (χ1n) is 7.13. The van der Waals surface area contributed by atoms with Crippen molar-refractivity contribution >= 4 is 5.65 Å². The lowest BCUT2D eigenvalue weighted by atomic mass is 10.1. The van der Waals surface area contributed by atoms with Crippen LogP contribution in [0, 0.1) is 5.82 Å². The minimum absolute atomic E-state index is 0.142. The Morgan fingerprint density at radius 2 is 1.61 bits per heavy atom. The first-order valence-corrected chi connectivity index (χ1v) is 7.13. The fraction of sp³-hybridized carbons (Fsp3) is 0. The van der Waals surface area contributed by atoms with E-state index in [4.69, 9.17) is 4.74 Å². The van der Waals surface area contributed by atoms with E-state index < -0.39 is 5.82 Å². The van der Waals surface area contributed by atoms with Gasteiger partial charge in [-0.05, 0) is 17.7 Å². The Labute approximate surface area is 131 Å². The standard InChI is InChI=1S/C18H12FN3O/c19-15-11-22-12-20-21-18(22)16(13-7-3-1-4-8-13)17(15)23-14-9-5-2-6-10-14/h1-12H. The second-order valence-corrected chi connectivity index (χ2v) is 5.02. The first-order chi connectivity index (χ1) is 11.3. The number of rotatable bonds is 3. The number of halogens is 1. The van der Waals surface area contributed by atoms with Gasteiger partial charge >= 0.3 is 0 Å². The second kappa shape index (κ2) is 5.53. The van der Waals surface area contributed by atoms with Crippen molar-refractivity contribution in [2.24, 2.45) is 0 Å². The highest BCUT2D eigenvalue weighted by molar-refractivity contribution is 5.83. The molecule has 4 aromatic rings. The van der Waals surface area contributed by atoms with Crippen molar-refractivity contribution in [3.63, 3.8) is 0 Å². The average Bonchev–Trinajstić information content (AvgIpc) is 3.05. The summed E-state index contributed by atoms with van der Waals surface area (Å²) in [6.07, 6.45) is 2.79. The summed E-state index contributed by atoms with van der Waals surface area (Å²) >= 11 is 0. The van der Waals surface area contributed by atoms with Crippen molar-refractivity contribution in [2.45, 2.75) is 0 Å². The summed E-state index contributed by atoms with van der Waals surface area (Å²) in [5.74, 6) is 0.232. The monoisotopic (exact) mass is 305 g/mol. The molecular formula is C18H12FN3O. The summed E-state index contributed by atoms with van der Waals surface area (Å²) in [5.41, 5.74) is 1.94. The fourth-order valence-electron chi connectivity index (χ4n) is 2.49. The number of nitrogens with zero attached hydrogens (tertiary/aromatic N) is 3. The molecule has 0 aliphatic rings. The average molecular weight is 305 g/mol. The molecule has 0 spiro atoms. The third-order valence-electron chi connectivity index (χ3n) is 3.52. The fourth-order valence-corrected chi connectivity index (χ4v) is 2.49. The molecule has 0 bridgehead atoms. The molecule has 0 saturated heterocycles.